The van der Waals surface area contributed by atoms with Crippen LogP contribution in [0.4, 0.5) is 43.4 Å². The first-order chi connectivity index (χ1) is 20.9. The van der Waals surface area contributed by atoms with Crippen molar-refractivity contribution in [1.29, 1.82) is 0 Å². The second-order valence-corrected chi connectivity index (χ2v) is 9.81. The molecule has 0 heterocycles. The summed E-state index contributed by atoms with van der Waals surface area (Å²) in [6.07, 6.45) is -5.56. The molecule has 2 amide bonds. The lowest BCUT2D eigenvalue weighted by Crippen LogP contribution is -2.18. The number of nitrogens with one attached hydrogen (secondary N) is 1. The first-order valence-corrected chi connectivity index (χ1v) is 13.1. The quantitative estimate of drug-likeness (QED) is 0.114. The van der Waals surface area contributed by atoms with Gasteiger partial charge >= 0.3 is 12.4 Å². The van der Waals surface area contributed by atoms with Crippen LogP contribution in [0.3, 0.4) is 0 Å². The molecule has 10 heteroatoms. The van der Waals surface area contributed by atoms with Crippen LogP contribution in [0.1, 0.15) is 32.6 Å². The number of fused-ring (bicyclic) bond motifs is 1. The molecule has 0 atom stereocenters. The van der Waals surface area contributed by atoms with Gasteiger partial charge in [0.2, 0.25) is 6.41 Å². The van der Waals surface area contributed by atoms with E-state index in [1.807, 2.05) is 42.5 Å². The summed E-state index contributed by atoms with van der Waals surface area (Å²) in [7, 11) is 0. The highest BCUT2D eigenvalue weighted by Crippen LogP contribution is 2.35. The third kappa shape index (κ3) is 6.97. The van der Waals surface area contributed by atoms with Gasteiger partial charge in [-0.3, -0.25) is 14.5 Å². The van der Waals surface area contributed by atoms with E-state index in [1.54, 1.807) is 12.2 Å². The van der Waals surface area contributed by atoms with Gasteiger partial charge in [0.05, 0.1) is 11.1 Å². The number of carbonyl (C=O) groups is 2. The van der Waals surface area contributed by atoms with E-state index in [-0.39, 0.29) is 22.6 Å². The van der Waals surface area contributed by atoms with Crippen LogP contribution in [-0.2, 0) is 17.1 Å². The Kier molecular flexibility index (Phi) is 8.26. The average Bonchev–Trinajstić information content (AvgIpc) is 3.00. The van der Waals surface area contributed by atoms with Gasteiger partial charge in [0.1, 0.15) is 0 Å². The smallest absolute Gasteiger partial charge is 0.322 e. The summed E-state index contributed by atoms with van der Waals surface area (Å²) in [5, 5.41) is 4.44. The lowest BCUT2D eigenvalue weighted by molar-refractivity contribution is -0.138. The Morgan fingerprint density at radius 1 is 0.614 bits per heavy atom. The molecule has 44 heavy (non-hydrogen) atoms. The van der Waals surface area contributed by atoms with Crippen LogP contribution in [-0.4, -0.2) is 12.3 Å². The molecule has 0 aromatic heterocycles. The summed E-state index contributed by atoms with van der Waals surface area (Å²) in [5.74, 6) is -0.790. The Bertz CT molecular complexity index is 1880. The predicted octanol–water partition coefficient (Wildman–Crippen LogP) is 9.59. The summed E-state index contributed by atoms with van der Waals surface area (Å²) in [6.45, 7) is 0. The minimum atomic E-state index is -4.66. The second kappa shape index (κ2) is 12.1. The van der Waals surface area contributed by atoms with Crippen molar-refractivity contribution in [3.63, 3.8) is 0 Å². The number of alkyl halides is 6. The molecule has 0 aliphatic rings. The SMILES string of the molecule is O=CN(c1cc(C=Cc2ccc3ccccc3c2)cc(C(=O)Nc2cccc(C(F)(F)F)c2)c1)c1cccc(C(F)(F)F)c1. The lowest BCUT2D eigenvalue weighted by atomic mass is 10.0. The minimum absolute atomic E-state index is 0.0445. The van der Waals surface area contributed by atoms with Gasteiger partial charge in [-0.2, -0.15) is 26.3 Å². The molecule has 4 nitrogen and oxygen atoms in total. The van der Waals surface area contributed by atoms with Gasteiger partial charge in [-0.1, -0.05) is 60.7 Å². The molecule has 5 aromatic carbocycles. The number of halogens is 6. The van der Waals surface area contributed by atoms with Crippen molar-refractivity contribution in [2.75, 3.05) is 10.2 Å². The minimum Gasteiger partial charge on any atom is -0.322 e. The van der Waals surface area contributed by atoms with Gasteiger partial charge in [-0.05, 0) is 82.6 Å². The molecule has 0 bridgehead atoms. The molecule has 0 fully saturated rings. The first kappa shape index (κ1) is 30.1. The van der Waals surface area contributed by atoms with E-state index in [1.165, 1.54) is 30.3 Å². The number of hydrogen-bond donors (Lipinski definition) is 1. The number of carbonyl (C=O) groups excluding carboxylic acids is 2. The molecule has 1 N–H and O–H groups in total. The first-order valence-electron chi connectivity index (χ1n) is 13.1. The lowest BCUT2D eigenvalue weighted by Gasteiger charge is -2.20. The van der Waals surface area contributed by atoms with Crippen LogP contribution in [0.5, 0.6) is 0 Å². The Labute approximate surface area is 247 Å². The third-order valence-electron chi connectivity index (χ3n) is 6.73. The van der Waals surface area contributed by atoms with Gasteiger partial charge < -0.3 is 5.32 Å². The molecular formula is C34H22F6N2O2. The van der Waals surface area contributed by atoms with Gasteiger partial charge in [-0.15, -0.1) is 0 Å². The molecule has 0 saturated heterocycles. The van der Waals surface area contributed by atoms with Gasteiger partial charge in [0.15, 0.2) is 0 Å². The van der Waals surface area contributed by atoms with E-state index in [4.69, 9.17) is 0 Å². The highest BCUT2D eigenvalue weighted by molar-refractivity contribution is 6.06. The van der Waals surface area contributed by atoms with E-state index in [9.17, 15) is 35.9 Å². The fourth-order valence-corrected chi connectivity index (χ4v) is 4.58. The number of rotatable bonds is 7. The maximum absolute atomic E-state index is 13.4. The second-order valence-electron chi connectivity index (χ2n) is 9.81. The number of nitrogens with zero attached hydrogens (tertiary/aromatic N) is 1. The molecule has 0 aliphatic heterocycles. The monoisotopic (exact) mass is 604 g/mol. The molecule has 0 unspecified atom stereocenters. The zero-order valence-electron chi connectivity index (χ0n) is 22.7. The molecule has 5 rings (SSSR count). The molecule has 0 saturated carbocycles. The third-order valence-corrected chi connectivity index (χ3v) is 6.73. The van der Waals surface area contributed by atoms with Gasteiger partial charge in [-0.25, -0.2) is 0 Å². The van der Waals surface area contributed by atoms with Gasteiger partial charge in [0.25, 0.3) is 5.91 Å². The van der Waals surface area contributed by atoms with Crippen LogP contribution >= 0.6 is 0 Å². The average molecular weight is 605 g/mol. The van der Waals surface area contributed by atoms with Crippen molar-refractivity contribution < 1.29 is 35.9 Å². The molecule has 0 aliphatic carbocycles. The van der Waals surface area contributed by atoms with Crippen molar-refractivity contribution in [3.8, 4) is 0 Å². The van der Waals surface area contributed by atoms with Crippen molar-refractivity contribution in [3.05, 3.63) is 137 Å². The van der Waals surface area contributed by atoms with Crippen molar-refractivity contribution in [2.24, 2.45) is 0 Å². The summed E-state index contributed by atoms with van der Waals surface area (Å²) < 4.78 is 79.8. The fourth-order valence-electron chi connectivity index (χ4n) is 4.58. The van der Waals surface area contributed by atoms with E-state index < -0.39 is 29.4 Å². The summed E-state index contributed by atoms with van der Waals surface area (Å²) in [4.78, 5) is 26.4. The Balaban J connectivity index is 1.55. The van der Waals surface area contributed by atoms with Crippen molar-refractivity contribution in [1.82, 2.24) is 0 Å². The summed E-state index contributed by atoms with van der Waals surface area (Å²) in [5.41, 5.74) is -0.913. The maximum Gasteiger partial charge on any atom is 0.416 e. The standard InChI is InChI=1S/C34H22F6N2O2/c35-33(36,37)27-7-3-9-29(19-27)41-32(44)26-16-23(12-11-22-13-14-24-5-1-2-6-25(24)15-22)17-31(18-26)42(21-43)30-10-4-8-28(20-30)34(38,39)40/h1-21H,(H,41,44). The Morgan fingerprint density at radius 2 is 1.27 bits per heavy atom. The van der Waals surface area contributed by atoms with Crippen LogP contribution in [0, 0.1) is 0 Å². The number of hydrogen-bond acceptors (Lipinski definition) is 2. The van der Waals surface area contributed by atoms with Gasteiger partial charge in [0, 0.05) is 22.6 Å². The zero-order chi connectivity index (χ0) is 31.5. The summed E-state index contributed by atoms with van der Waals surface area (Å²) in [6, 6.07) is 25.9. The van der Waals surface area contributed by atoms with Crippen molar-refractivity contribution in [2.45, 2.75) is 12.4 Å². The van der Waals surface area contributed by atoms with Crippen LogP contribution < -0.4 is 10.2 Å². The number of anilines is 3. The highest BCUT2D eigenvalue weighted by Gasteiger charge is 2.31. The summed E-state index contributed by atoms with van der Waals surface area (Å²) >= 11 is 0. The number of benzene rings is 5. The van der Waals surface area contributed by atoms with Crippen LogP contribution in [0.25, 0.3) is 22.9 Å². The topological polar surface area (TPSA) is 49.4 Å². The largest absolute Gasteiger partial charge is 0.416 e. The van der Waals surface area contributed by atoms with E-state index in [0.717, 1.165) is 57.6 Å². The molecule has 222 valence electrons. The predicted molar refractivity (Wildman–Crippen MR) is 158 cm³/mol. The fraction of sp³-hybridized carbons (Fsp3) is 0.0588. The Hall–Kier alpha value is -5.38. The molecule has 0 spiro atoms. The van der Waals surface area contributed by atoms with E-state index in [2.05, 4.69) is 5.32 Å². The van der Waals surface area contributed by atoms with E-state index >= 15 is 0 Å². The van der Waals surface area contributed by atoms with E-state index in [0.29, 0.717) is 12.0 Å². The molecule has 0 radical (unpaired) electrons. The van der Waals surface area contributed by atoms with Crippen LogP contribution in [0.15, 0.2) is 109 Å². The van der Waals surface area contributed by atoms with Crippen LogP contribution in [0.2, 0.25) is 0 Å². The zero-order valence-corrected chi connectivity index (χ0v) is 22.7. The maximum atomic E-state index is 13.4. The van der Waals surface area contributed by atoms with Crippen molar-refractivity contribution >= 4 is 52.3 Å². The molecule has 5 aromatic rings. The normalized spacial score (nSPS) is 12.0. The Morgan fingerprint density at radius 3 is 1.98 bits per heavy atom. The highest BCUT2D eigenvalue weighted by atomic mass is 19.4. The number of amides is 2. The molecular weight excluding hydrogens is 582 g/mol.